The Kier molecular flexibility index (Phi) is 8.15. The van der Waals surface area contributed by atoms with Gasteiger partial charge in [-0.15, -0.1) is 0 Å². The van der Waals surface area contributed by atoms with Gasteiger partial charge in [0.1, 0.15) is 5.72 Å². The van der Waals surface area contributed by atoms with Crippen LogP contribution in [-0.4, -0.2) is 99.7 Å². The monoisotopic (exact) mass is 336 g/mol. The minimum absolute atomic E-state index is 0.317. The van der Waals surface area contributed by atoms with Crippen LogP contribution in [0.15, 0.2) is 0 Å². The first kappa shape index (κ1) is 20.8. The Morgan fingerprint density at radius 3 is 1.43 bits per heavy atom. The third-order valence-corrected chi connectivity index (χ3v) is 3.00. The van der Waals surface area contributed by atoms with E-state index in [1.54, 1.807) is 0 Å². The molecule has 0 heterocycles. The molecule has 0 aromatic heterocycles. The standard InChI is InChI=1S/C12H20N2O9/c1-12(23-2,14(5-10(19)20)6-11(21)22)7-13(3-8(15)16)4-9(17)18/h3-7H2,1-2H3,(H,15,16)(H,17,18)(H,19,20)(H,21,22). The molecule has 4 N–H and O–H groups in total. The predicted molar refractivity (Wildman–Crippen MR) is 74.0 cm³/mol. The molecular formula is C12H20N2O9. The van der Waals surface area contributed by atoms with Gasteiger partial charge < -0.3 is 25.2 Å². The largest absolute Gasteiger partial charge is 0.480 e. The van der Waals surface area contributed by atoms with Crippen molar-refractivity contribution >= 4 is 23.9 Å². The van der Waals surface area contributed by atoms with E-state index in [1.165, 1.54) is 14.0 Å². The fraction of sp³-hybridized carbons (Fsp3) is 0.667. The number of rotatable bonds is 12. The number of methoxy groups -OCH3 is 1. The van der Waals surface area contributed by atoms with Crippen molar-refractivity contribution in [2.75, 3.05) is 39.8 Å². The molecule has 0 aromatic rings. The Hall–Kier alpha value is -2.24. The highest BCUT2D eigenvalue weighted by Crippen LogP contribution is 2.18. The predicted octanol–water partition coefficient (Wildman–Crippen LogP) is -1.71. The molecule has 0 spiro atoms. The molecule has 23 heavy (non-hydrogen) atoms. The van der Waals surface area contributed by atoms with E-state index in [0.717, 1.165) is 9.80 Å². The first-order valence-electron chi connectivity index (χ1n) is 6.40. The van der Waals surface area contributed by atoms with Gasteiger partial charge in [0.2, 0.25) is 0 Å². The van der Waals surface area contributed by atoms with Crippen molar-refractivity contribution in [3.05, 3.63) is 0 Å². The Balaban J connectivity index is 5.37. The topological polar surface area (TPSA) is 165 Å². The average molecular weight is 336 g/mol. The van der Waals surface area contributed by atoms with E-state index in [0.29, 0.717) is 0 Å². The summed E-state index contributed by atoms with van der Waals surface area (Å²) < 4.78 is 5.17. The van der Waals surface area contributed by atoms with Crippen LogP contribution >= 0.6 is 0 Å². The number of carbonyl (C=O) groups is 4. The quantitative estimate of drug-likeness (QED) is 0.300. The highest BCUT2D eigenvalue weighted by atomic mass is 16.5. The number of carboxylic acid groups (broad SMARTS) is 4. The lowest BCUT2D eigenvalue weighted by Gasteiger charge is -2.41. The fourth-order valence-electron chi connectivity index (χ4n) is 1.98. The highest BCUT2D eigenvalue weighted by Gasteiger charge is 2.37. The molecule has 0 fully saturated rings. The van der Waals surface area contributed by atoms with Crippen LogP contribution in [-0.2, 0) is 23.9 Å². The third kappa shape index (κ3) is 8.09. The molecule has 11 nitrogen and oxygen atoms in total. The summed E-state index contributed by atoms with van der Waals surface area (Å²) in [7, 11) is 1.19. The van der Waals surface area contributed by atoms with E-state index in [2.05, 4.69) is 0 Å². The maximum absolute atomic E-state index is 10.9. The van der Waals surface area contributed by atoms with E-state index in [1.807, 2.05) is 0 Å². The summed E-state index contributed by atoms with van der Waals surface area (Å²) in [6.07, 6.45) is 0. The summed E-state index contributed by atoms with van der Waals surface area (Å²) in [6, 6.07) is 0. The molecule has 1 unspecified atom stereocenters. The lowest BCUT2D eigenvalue weighted by Crippen LogP contribution is -2.58. The van der Waals surface area contributed by atoms with Gasteiger partial charge in [-0.3, -0.25) is 29.0 Å². The van der Waals surface area contributed by atoms with Gasteiger partial charge in [0.15, 0.2) is 0 Å². The Morgan fingerprint density at radius 1 is 0.826 bits per heavy atom. The summed E-state index contributed by atoms with van der Waals surface area (Å²) in [4.78, 5) is 45.4. The van der Waals surface area contributed by atoms with Crippen molar-refractivity contribution in [1.82, 2.24) is 9.80 Å². The zero-order valence-corrected chi connectivity index (χ0v) is 12.8. The van der Waals surface area contributed by atoms with Crippen LogP contribution in [0.3, 0.4) is 0 Å². The van der Waals surface area contributed by atoms with Crippen LogP contribution in [0, 0.1) is 0 Å². The van der Waals surface area contributed by atoms with Gasteiger partial charge in [-0.1, -0.05) is 0 Å². The molecule has 0 aromatic carbocycles. The molecule has 0 aliphatic heterocycles. The zero-order valence-electron chi connectivity index (χ0n) is 12.8. The van der Waals surface area contributed by atoms with Crippen molar-refractivity contribution in [2.24, 2.45) is 0 Å². The summed E-state index contributed by atoms with van der Waals surface area (Å²) in [5.74, 6) is -5.18. The second-order valence-corrected chi connectivity index (χ2v) is 4.96. The maximum atomic E-state index is 10.9. The molecule has 0 aliphatic carbocycles. The molecule has 1 atom stereocenters. The molecular weight excluding hydrogens is 316 g/mol. The van der Waals surface area contributed by atoms with E-state index < -0.39 is 55.8 Å². The van der Waals surface area contributed by atoms with Crippen molar-refractivity contribution in [3.8, 4) is 0 Å². The molecule has 0 saturated heterocycles. The number of aliphatic carboxylic acids is 4. The Bertz CT molecular complexity index is 435. The first-order valence-corrected chi connectivity index (χ1v) is 6.40. The molecule has 132 valence electrons. The van der Waals surface area contributed by atoms with Gasteiger partial charge >= 0.3 is 23.9 Å². The van der Waals surface area contributed by atoms with Crippen LogP contribution in [0.1, 0.15) is 6.92 Å². The summed E-state index contributed by atoms with van der Waals surface area (Å²) >= 11 is 0. The number of hydrogen-bond donors (Lipinski definition) is 4. The number of hydrogen-bond acceptors (Lipinski definition) is 7. The molecule has 0 amide bonds. The lowest BCUT2D eigenvalue weighted by atomic mass is 10.1. The first-order chi connectivity index (χ1) is 10.5. The lowest BCUT2D eigenvalue weighted by molar-refractivity contribution is -0.171. The second-order valence-electron chi connectivity index (χ2n) is 4.96. The minimum Gasteiger partial charge on any atom is -0.480 e. The average Bonchev–Trinajstić information content (AvgIpc) is 2.34. The van der Waals surface area contributed by atoms with Crippen LogP contribution in [0.25, 0.3) is 0 Å². The number of ether oxygens (including phenoxy) is 1. The second kappa shape index (κ2) is 9.02. The van der Waals surface area contributed by atoms with E-state index in [-0.39, 0.29) is 6.54 Å². The highest BCUT2D eigenvalue weighted by molar-refractivity contribution is 5.73. The van der Waals surface area contributed by atoms with E-state index in [4.69, 9.17) is 25.2 Å². The zero-order chi connectivity index (χ0) is 18.2. The van der Waals surface area contributed by atoms with E-state index >= 15 is 0 Å². The van der Waals surface area contributed by atoms with Crippen molar-refractivity contribution in [1.29, 1.82) is 0 Å². The molecule has 0 bridgehead atoms. The van der Waals surface area contributed by atoms with Gasteiger partial charge in [-0.25, -0.2) is 0 Å². The smallest absolute Gasteiger partial charge is 0.317 e. The van der Waals surface area contributed by atoms with Crippen LogP contribution in [0.5, 0.6) is 0 Å². The van der Waals surface area contributed by atoms with Crippen LogP contribution < -0.4 is 0 Å². The van der Waals surface area contributed by atoms with Crippen molar-refractivity contribution in [3.63, 3.8) is 0 Å². The normalized spacial score (nSPS) is 13.7. The number of carboxylic acids is 4. The summed E-state index contributed by atoms with van der Waals surface area (Å²) in [5.41, 5.74) is -1.51. The molecule has 0 aliphatic rings. The van der Waals surface area contributed by atoms with Gasteiger partial charge in [-0.05, 0) is 6.92 Å². The maximum Gasteiger partial charge on any atom is 0.317 e. The van der Waals surface area contributed by atoms with Gasteiger partial charge in [0.05, 0.1) is 26.2 Å². The van der Waals surface area contributed by atoms with Gasteiger partial charge in [0, 0.05) is 13.7 Å². The van der Waals surface area contributed by atoms with Gasteiger partial charge in [0.25, 0.3) is 0 Å². The third-order valence-electron chi connectivity index (χ3n) is 3.00. The molecule has 11 heteroatoms. The van der Waals surface area contributed by atoms with Crippen molar-refractivity contribution in [2.45, 2.75) is 12.6 Å². The SMILES string of the molecule is COC(C)(CN(CC(=O)O)CC(=O)O)N(CC(=O)O)CC(=O)O. The summed E-state index contributed by atoms with van der Waals surface area (Å²) in [6.45, 7) is -1.56. The van der Waals surface area contributed by atoms with Crippen LogP contribution in [0.2, 0.25) is 0 Å². The van der Waals surface area contributed by atoms with Crippen molar-refractivity contribution < 1.29 is 44.3 Å². The molecule has 0 saturated carbocycles. The van der Waals surface area contributed by atoms with E-state index in [9.17, 15) is 19.2 Å². The summed E-state index contributed by atoms with van der Waals surface area (Å²) in [5, 5.41) is 35.4. The number of nitrogens with zero attached hydrogens (tertiary/aromatic N) is 2. The van der Waals surface area contributed by atoms with Gasteiger partial charge in [-0.2, -0.15) is 0 Å². The van der Waals surface area contributed by atoms with Crippen LogP contribution in [0.4, 0.5) is 0 Å². The Morgan fingerprint density at radius 2 is 1.17 bits per heavy atom. The Labute approximate surface area is 131 Å². The minimum atomic E-state index is -1.51. The fourth-order valence-corrected chi connectivity index (χ4v) is 1.98. The molecule has 0 radical (unpaired) electrons. The molecule has 0 rings (SSSR count).